The summed E-state index contributed by atoms with van der Waals surface area (Å²) in [7, 11) is 1.75. The summed E-state index contributed by atoms with van der Waals surface area (Å²) in [6.07, 6.45) is 1.32. The van der Waals surface area contributed by atoms with E-state index in [1.54, 1.807) is 17.8 Å². The van der Waals surface area contributed by atoms with Gasteiger partial charge in [0, 0.05) is 19.2 Å². The van der Waals surface area contributed by atoms with Gasteiger partial charge in [0.15, 0.2) is 0 Å². The van der Waals surface area contributed by atoms with Crippen molar-refractivity contribution in [1.82, 2.24) is 15.1 Å². The molecule has 1 unspecified atom stereocenters. The SMILES string of the molecule is CCC(C)(CCO)NC(=O)c1cc(C)nn1C. The number of carbonyl (C=O) groups is 1. The first-order valence-electron chi connectivity index (χ1n) is 5.86. The van der Waals surface area contributed by atoms with Gasteiger partial charge in [0.1, 0.15) is 5.69 Å². The van der Waals surface area contributed by atoms with Crippen molar-refractivity contribution in [3.8, 4) is 0 Å². The standard InChI is InChI=1S/C12H21N3O2/c1-5-12(3,6-7-16)13-11(17)10-8-9(2)14-15(10)4/h8,16H,5-7H2,1-4H3,(H,13,17). The molecule has 5 heteroatoms. The zero-order valence-corrected chi connectivity index (χ0v) is 10.9. The van der Waals surface area contributed by atoms with Crippen LogP contribution in [0, 0.1) is 6.92 Å². The first-order chi connectivity index (χ1) is 7.91. The molecule has 1 aromatic heterocycles. The Morgan fingerprint density at radius 1 is 1.65 bits per heavy atom. The van der Waals surface area contributed by atoms with E-state index in [0.29, 0.717) is 12.1 Å². The highest BCUT2D eigenvalue weighted by atomic mass is 16.3. The monoisotopic (exact) mass is 239 g/mol. The van der Waals surface area contributed by atoms with Crippen LogP contribution in [0.15, 0.2) is 6.07 Å². The van der Waals surface area contributed by atoms with Crippen LogP contribution in [0.4, 0.5) is 0 Å². The number of hydrogen-bond acceptors (Lipinski definition) is 3. The Morgan fingerprint density at radius 2 is 2.29 bits per heavy atom. The van der Waals surface area contributed by atoms with Gasteiger partial charge in [-0.25, -0.2) is 0 Å². The van der Waals surface area contributed by atoms with Crippen LogP contribution >= 0.6 is 0 Å². The van der Waals surface area contributed by atoms with Crippen LogP contribution in [0.5, 0.6) is 0 Å². The van der Waals surface area contributed by atoms with E-state index in [2.05, 4.69) is 10.4 Å². The maximum atomic E-state index is 12.1. The molecule has 0 aliphatic heterocycles. The minimum atomic E-state index is -0.371. The molecule has 17 heavy (non-hydrogen) atoms. The largest absolute Gasteiger partial charge is 0.396 e. The number of hydrogen-bond donors (Lipinski definition) is 2. The van der Waals surface area contributed by atoms with Crippen molar-refractivity contribution in [2.45, 2.75) is 39.2 Å². The molecular weight excluding hydrogens is 218 g/mol. The van der Waals surface area contributed by atoms with Crippen LogP contribution in [-0.4, -0.2) is 32.9 Å². The molecule has 0 saturated carbocycles. The summed E-state index contributed by atoms with van der Waals surface area (Å²) >= 11 is 0. The Morgan fingerprint density at radius 3 is 2.71 bits per heavy atom. The van der Waals surface area contributed by atoms with Gasteiger partial charge in [-0.1, -0.05) is 6.92 Å². The van der Waals surface area contributed by atoms with Gasteiger partial charge in [-0.15, -0.1) is 0 Å². The van der Waals surface area contributed by atoms with E-state index < -0.39 is 0 Å². The summed E-state index contributed by atoms with van der Waals surface area (Å²) in [6, 6.07) is 1.75. The Kier molecular flexibility index (Phi) is 4.28. The van der Waals surface area contributed by atoms with E-state index in [9.17, 15) is 4.79 Å². The molecule has 5 nitrogen and oxygen atoms in total. The van der Waals surface area contributed by atoms with Crippen LogP contribution in [-0.2, 0) is 7.05 Å². The zero-order chi connectivity index (χ0) is 13.1. The van der Waals surface area contributed by atoms with Crippen molar-refractivity contribution >= 4 is 5.91 Å². The number of aryl methyl sites for hydroxylation is 2. The average Bonchev–Trinajstić information content (AvgIpc) is 2.58. The molecule has 0 spiro atoms. The lowest BCUT2D eigenvalue weighted by Crippen LogP contribution is -2.46. The molecule has 0 saturated heterocycles. The molecule has 0 aromatic carbocycles. The highest BCUT2D eigenvalue weighted by molar-refractivity contribution is 5.93. The van der Waals surface area contributed by atoms with E-state index in [4.69, 9.17) is 5.11 Å². The number of nitrogens with zero attached hydrogens (tertiary/aromatic N) is 2. The second-order valence-electron chi connectivity index (χ2n) is 4.64. The molecule has 1 rings (SSSR count). The molecule has 0 fully saturated rings. The summed E-state index contributed by atoms with van der Waals surface area (Å²) in [4.78, 5) is 12.1. The third kappa shape index (κ3) is 3.30. The fourth-order valence-electron chi connectivity index (χ4n) is 1.74. The Hall–Kier alpha value is -1.36. The van der Waals surface area contributed by atoms with Crippen molar-refractivity contribution in [3.05, 3.63) is 17.5 Å². The van der Waals surface area contributed by atoms with E-state index in [-0.39, 0.29) is 18.1 Å². The molecule has 96 valence electrons. The van der Waals surface area contributed by atoms with Gasteiger partial charge in [-0.2, -0.15) is 5.10 Å². The van der Waals surface area contributed by atoms with Gasteiger partial charge in [0.05, 0.1) is 5.69 Å². The van der Waals surface area contributed by atoms with E-state index in [1.807, 2.05) is 20.8 Å². The highest BCUT2D eigenvalue weighted by Crippen LogP contribution is 2.15. The number of amides is 1. The Labute approximate surface area is 102 Å². The fourth-order valence-corrected chi connectivity index (χ4v) is 1.74. The first kappa shape index (κ1) is 13.7. The van der Waals surface area contributed by atoms with E-state index in [0.717, 1.165) is 12.1 Å². The number of aromatic nitrogens is 2. The Balaban J connectivity index is 2.81. The molecule has 2 N–H and O–H groups in total. The van der Waals surface area contributed by atoms with Gasteiger partial charge in [0.2, 0.25) is 0 Å². The number of nitrogens with one attached hydrogen (secondary N) is 1. The molecule has 1 aromatic rings. The topological polar surface area (TPSA) is 67.2 Å². The molecule has 0 aliphatic rings. The molecule has 1 heterocycles. The van der Waals surface area contributed by atoms with Crippen molar-refractivity contribution < 1.29 is 9.90 Å². The van der Waals surface area contributed by atoms with Crippen LogP contribution < -0.4 is 5.32 Å². The Bertz CT molecular complexity index is 400. The van der Waals surface area contributed by atoms with Gasteiger partial charge in [0.25, 0.3) is 5.91 Å². The summed E-state index contributed by atoms with van der Waals surface area (Å²) in [5.74, 6) is -0.147. The second-order valence-corrected chi connectivity index (χ2v) is 4.64. The van der Waals surface area contributed by atoms with Gasteiger partial charge in [-0.3, -0.25) is 9.48 Å². The molecule has 0 bridgehead atoms. The van der Waals surface area contributed by atoms with Gasteiger partial charge >= 0.3 is 0 Å². The lowest BCUT2D eigenvalue weighted by Gasteiger charge is -2.28. The molecular formula is C12H21N3O2. The molecule has 0 radical (unpaired) electrons. The summed E-state index contributed by atoms with van der Waals surface area (Å²) < 4.78 is 1.57. The van der Waals surface area contributed by atoms with Crippen molar-refractivity contribution in [2.24, 2.45) is 7.05 Å². The minimum Gasteiger partial charge on any atom is -0.396 e. The number of aliphatic hydroxyl groups excluding tert-OH is 1. The maximum absolute atomic E-state index is 12.1. The molecule has 1 atom stereocenters. The smallest absolute Gasteiger partial charge is 0.269 e. The molecule has 0 aliphatic carbocycles. The summed E-state index contributed by atoms with van der Waals surface area (Å²) in [5.41, 5.74) is 0.988. The van der Waals surface area contributed by atoms with Crippen LogP contribution in [0.25, 0.3) is 0 Å². The van der Waals surface area contributed by atoms with Crippen LogP contribution in [0.3, 0.4) is 0 Å². The van der Waals surface area contributed by atoms with E-state index >= 15 is 0 Å². The normalized spacial score (nSPS) is 14.4. The third-order valence-corrected chi connectivity index (χ3v) is 3.09. The number of aliphatic hydroxyl groups is 1. The van der Waals surface area contributed by atoms with Gasteiger partial charge < -0.3 is 10.4 Å². The zero-order valence-electron chi connectivity index (χ0n) is 10.9. The van der Waals surface area contributed by atoms with Crippen LogP contribution in [0.2, 0.25) is 0 Å². The lowest BCUT2D eigenvalue weighted by molar-refractivity contribution is 0.0876. The number of rotatable bonds is 5. The predicted molar refractivity (Wildman–Crippen MR) is 65.8 cm³/mol. The van der Waals surface area contributed by atoms with Gasteiger partial charge in [-0.05, 0) is 32.8 Å². The highest BCUT2D eigenvalue weighted by Gasteiger charge is 2.25. The van der Waals surface area contributed by atoms with Crippen molar-refractivity contribution in [2.75, 3.05) is 6.61 Å². The summed E-state index contributed by atoms with van der Waals surface area (Å²) in [5, 5.41) is 16.1. The second kappa shape index (κ2) is 5.31. The van der Waals surface area contributed by atoms with Crippen molar-refractivity contribution in [3.63, 3.8) is 0 Å². The number of carbonyl (C=O) groups excluding carboxylic acids is 1. The average molecular weight is 239 g/mol. The predicted octanol–water partition coefficient (Wildman–Crippen LogP) is 1.01. The maximum Gasteiger partial charge on any atom is 0.269 e. The van der Waals surface area contributed by atoms with Crippen LogP contribution in [0.1, 0.15) is 42.9 Å². The summed E-state index contributed by atoms with van der Waals surface area (Å²) in [6.45, 7) is 5.84. The quantitative estimate of drug-likeness (QED) is 0.806. The third-order valence-electron chi connectivity index (χ3n) is 3.09. The fraction of sp³-hybridized carbons (Fsp3) is 0.667. The lowest BCUT2D eigenvalue weighted by atomic mass is 9.94. The first-order valence-corrected chi connectivity index (χ1v) is 5.86. The van der Waals surface area contributed by atoms with Crippen molar-refractivity contribution in [1.29, 1.82) is 0 Å². The van der Waals surface area contributed by atoms with E-state index in [1.165, 1.54) is 0 Å². The minimum absolute atomic E-state index is 0.0645. The molecule has 1 amide bonds.